The molecule has 13 heavy (non-hydrogen) atoms. The Morgan fingerprint density at radius 2 is 2.46 bits per heavy atom. The number of rotatable bonds is 4. The first-order valence-corrected chi connectivity index (χ1v) is 4.42. The molecule has 1 unspecified atom stereocenters. The van der Waals surface area contributed by atoms with E-state index in [4.69, 9.17) is 0 Å². The van der Waals surface area contributed by atoms with Crippen LogP contribution in [-0.2, 0) is 4.79 Å². The normalized spacial score (nSPS) is 11.8. The van der Waals surface area contributed by atoms with Crippen LogP contribution in [0.25, 0.3) is 0 Å². The lowest BCUT2D eigenvalue weighted by Gasteiger charge is -2.07. The molecule has 0 aromatic heterocycles. The Morgan fingerprint density at radius 1 is 1.62 bits per heavy atom. The molecule has 0 saturated heterocycles. The Hall–Kier alpha value is -1.40. The third-order valence-corrected chi connectivity index (χ3v) is 1.86. The maximum atomic E-state index is 10.2. The molecule has 0 heterocycles. The molecule has 0 aliphatic carbocycles. The van der Waals surface area contributed by atoms with Crippen LogP contribution in [-0.4, -0.2) is 6.08 Å². The highest BCUT2D eigenvalue weighted by atomic mass is 16.1. The van der Waals surface area contributed by atoms with Crippen molar-refractivity contribution in [3.05, 3.63) is 35.9 Å². The minimum Gasteiger partial charge on any atom is -0.211 e. The Morgan fingerprint density at radius 3 is 3.00 bits per heavy atom. The maximum Gasteiger partial charge on any atom is 0.235 e. The van der Waals surface area contributed by atoms with Gasteiger partial charge in [0.2, 0.25) is 6.08 Å². The van der Waals surface area contributed by atoms with E-state index in [1.54, 1.807) is 6.08 Å². The lowest BCUT2D eigenvalue weighted by atomic mass is 10.0. The molecule has 0 aliphatic heterocycles. The summed E-state index contributed by atoms with van der Waals surface area (Å²) in [6.07, 6.45) is 3.48. The first kappa shape index (κ1) is 9.69. The molecule has 67 valence electrons. The lowest BCUT2D eigenvalue weighted by molar-refractivity contribution is 0.552. The molecular weight excluding hydrogens is 162 g/mol. The highest BCUT2D eigenvalue weighted by Gasteiger charge is 2.07. The van der Waals surface area contributed by atoms with E-state index in [9.17, 15) is 4.79 Å². The van der Waals surface area contributed by atoms with Gasteiger partial charge in [-0.2, -0.15) is 4.99 Å². The second kappa shape index (κ2) is 5.28. The number of hydrogen-bond acceptors (Lipinski definition) is 2. The van der Waals surface area contributed by atoms with E-state index in [2.05, 4.69) is 18.0 Å². The van der Waals surface area contributed by atoms with E-state index in [1.807, 2.05) is 24.3 Å². The lowest BCUT2D eigenvalue weighted by Crippen LogP contribution is -1.94. The molecule has 0 bridgehead atoms. The molecule has 1 rings (SSSR count). The molecule has 2 heteroatoms. The SMILES string of the molecule is CCCC(N=C=O)c1[c]cccc1. The first-order valence-electron chi connectivity index (χ1n) is 4.42. The number of aliphatic imine (C=N–C) groups is 1. The molecule has 0 saturated carbocycles. The summed E-state index contributed by atoms with van der Waals surface area (Å²) in [5.41, 5.74) is 0.965. The fraction of sp³-hybridized carbons (Fsp3) is 0.364. The van der Waals surface area contributed by atoms with E-state index in [1.165, 1.54) is 0 Å². The van der Waals surface area contributed by atoms with Crippen molar-refractivity contribution in [3.63, 3.8) is 0 Å². The molecule has 0 amide bonds. The summed E-state index contributed by atoms with van der Waals surface area (Å²) in [5, 5.41) is 0. The fourth-order valence-electron chi connectivity index (χ4n) is 1.24. The van der Waals surface area contributed by atoms with Crippen molar-refractivity contribution in [1.82, 2.24) is 0 Å². The molecule has 1 aromatic carbocycles. The van der Waals surface area contributed by atoms with Gasteiger partial charge in [0.05, 0.1) is 6.04 Å². The number of benzene rings is 1. The predicted molar refractivity (Wildman–Crippen MR) is 51.0 cm³/mol. The molecule has 0 N–H and O–H groups in total. The van der Waals surface area contributed by atoms with Gasteiger partial charge in [0, 0.05) is 0 Å². The van der Waals surface area contributed by atoms with Gasteiger partial charge >= 0.3 is 0 Å². The summed E-state index contributed by atoms with van der Waals surface area (Å²) in [5.74, 6) is 0. The topological polar surface area (TPSA) is 29.4 Å². The highest BCUT2D eigenvalue weighted by molar-refractivity contribution is 5.35. The van der Waals surface area contributed by atoms with E-state index < -0.39 is 0 Å². The van der Waals surface area contributed by atoms with Gasteiger partial charge in [-0.25, -0.2) is 4.79 Å². The summed E-state index contributed by atoms with van der Waals surface area (Å²) in [6.45, 7) is 2.07. The van der Waals surface area contributed by atoms with Gasteiger partial charge in [0.25, 0.3) is 0 Å². The molecular formula is C11H12NO. The third kappa shape index (κ3) is 2.85. The van der Waals surface area contributed by atoms with Gasteiger partial charge in [0.15, 0.2) is 0 Å². The van der Waals surface area contributed by atoms with Gasteiger partial charge in [0.1, 0.15) is 0 Å². The van der Waals surface area contributed by atoms with Crippen molar-refractivity contribution < 1.29 is 4.79 Å². The van der Waals surface area contributed by atoms with Crippen molar-refractivity contribution in [2.45, 2.75) is 25.8 Å². The fourth-order valence-corrected chi connectivity index (χ4v) is 1.24. The van der Waals surface area contributed by atoms with Crippen LogP contribution in [0, 0.1) is 6.07 Å². The average Bonchev–Trinajstić information content (AvgIpc) is 2.19. The molecule has 1 radical (unpaired) electrons. The molecule has 1 atom stereocenters. The van der Waals surface area contributed by atoms with Crippen LogP contribution in [0.15, 0.2) is 29.3 Å². The Labute approximate surface area is 78.3 Å². The second-order valence-electron chi connectivity index (χ2n) is 2.84. The zero-order chi connectivity index (χ0) is 9.52. The minimum atomic E-state index is -0.0660. The third-order valence-electron chi connectivity index (χ3n) is 1.86. The Kier molecular flexibility index (Phi) is 3.94. The van der Waals surface area contributed by atoms with Crippen LogP contribution in [0.2, 0.25) is 0 Å². The smallest absolute Gasteiger partial charge is 0.211 e. The summed E-state index contributed by atoms with van der Waals surface area (Å²) in [7, 11) is 0. The minimum absolute atomic E-state index is 0.0660. The van der Waals surface area contributed by atoms with E-state index >= 15 is 0 Å². The molecule has 0 aliphatic rings. The van der Waals surface area contributed by atoms with Crippen molar-refractivity contribution in [1.29, 1.82) is 0 Å². The molecule has 0 spiro atoms. The highest BCUT2D eigenvalue weighted by Crippen LogP contribution is 2.20. The number of hydrogen-bond donors (Lipinski definition) is 0. The maximum absolute atomic E-state index is 10.2. The van der Waals surface area contributed by atoms with Crippen LogP contribution in [0.1, 0.15) is 31.4 Å². The zero-order valence-electron chi connectivity index (χ0n) is 7.66. The number of nitrogens with zero attached hydrogens (tertiary/aromatic N) is 1. The van der Waals surface area contributed by atoms with Gasteiger partial charge in [-0.3, -0.25) is 0 Å². The van der Waals surface area contributed by atoms with Crippen LogP contribution in [0.4, 0.5) is 0 Å². The largest absolute Gasteiger partial charge is 0.235 e. The van der Waals surface area contributed by atoms with Crippen LogP contribution < -0.4 is 0 Å². The molecule has 2 nitrogen and oxygen atoms in total. The van der Waals surface area contributed by atoms with E-state index in [0.29, 0.717) is 0 Å². The van der Waals surface area contributed by atoms with Gasteiger partial charge in [-0.05, 0) is 18.1 Å². The van der Waals surface area contributed by atoms with E-state index in [0.717, 1.165) is 18.4 Å². The zero-order valence-corrected chi connectivity index (χ0v) is 7.66. The van der Waals surface area contributed by atoms with Crippen LogP contribution in [0.3, 0.4) is 0 Å². The summed E-state index contributed by atoms with van der Waals surface area (Å²) >= 11 is 0. The second-order valence-corrected chi connectivity index (χ2v) is 2.84. The Balaban J connectivity index is 2.81. The van der Waals surface area contributed by atoms with Crippen molar-refractivity contribution in [2.75, 3.05) is 0 Å². The average molecular weight is 174 g/mol. The van der Waals surface area contributed by atoms with Crippen molar-refractivity contribution >= 4 is 6.08 Å². The van der Waals surface area contributed by atoms with Gasteiger partial charge in [-0.15, -0.1) is 0 Å². The number of isocyanates is 1. The Bertz CT molecular complexity index is 288. The summed E-state index contributed by atoms with van der Waals surface area (Å²) in [4.78, 5) is 13.9. The van der Waals surface area contributed by atoms with E-state index in [-0.39, 0.29) is 6.04 Å². The number of carbonyl (C=O) groups excluding carboxylic acids is 1. The standard InChI is InChI=1S/C11H12NO/c1-2-6-11(12-9-13)10-7-4-3-5-8-10/h3-5,7,11H,2,6H2,1H3. The predicted octanol–water partition coefficient (Wildman–Crippen LogP) is 2.66. The summed E-state index contributed by atoms with van der Waals surface area (Å²) in [6, 6.07) is 10.6. The van der Waals surface area contributed by atoms with Gasteiger partial charge in [-0.1, -0.05) is 37.6 Å². The van der Waals surface area contributed by atoms with Gasteiger partial charge < -0.3 is 0 Å². The quantitative estimate of drug-likeness (QED) is 0.509. The summed E-state index contributed by atoms with van der Waals surface area (Å²) < 4.78 is 0. The molecule has 1 aromatic rings. The van der Waals surface area contributed by atoms with Crippen LogP contribution >= 0.6 is 0 Å². The van der Waals surface area contributed by atoms with Crippen molar-refractivity contribution in [3.8, 4) is 0 Å². The first-order chi connectivity index (χ1) is 6.38. The monoisotopic (exact) mass is 174 g/mol. The van der Waals surface area contributed by atoms with Crippen LogP contribution in [0.5, 0.6) is 0 Å². The molecule has 0 fully saturated rings. The van der Waals surface area contributed by atoms with Crippen molar-refractivity contribution in [2.24, 2.45) is 4.99 Å².